The lowest BCUT2D eigenvalue weighted by Crippen LogP contribution is -2.70. The molecule has 8 rings (SSSR count). The Balaban J connectivity index is 1.07. The molecule has 9 heteroatoms. The Bertz CT molecular complexity index is 2070. The van der Waals surface area contributed by atoms with Gasteiger partial charge in [0.2, 0.25) is 5.91 Å². The van der Waals surface area contributed by atoms with Crippen LogP contribution in [0.15, 0.2) is 140 Å². The number of benzene rings is 5. The van der Waals surface area contributed by atoms with Crippen molar-refractivity contribution in [2.45, 2.75) is 61.7 Å². The monoisotopic (exact) mass is 692 g/mol. The topological polar surface area (TPSA) is 85.2 Å². The van der Waals surface area contributed by atoms with Crippen molar-refractivity contribution in [2.24, 2.45) is 0 Å². The molecular formula is C42H40N6O2S. The molecule has 0 bridgehead atoms. The number of aryl methyl sites for hydroxylation is 1. The molecule has 0 spiro atoms. The van der Waals surface area contributed by atoms with Gasteiger partial charge in [0.1, 0.15) is 29.8 Å². The lowest BCUT2D eigenvalue weighted by atomic mass is 9.75. The normalized spacial score (nSPS) is 19.4. The van der Waals surface area contributed by atoms with Gasteiger partial charge in [0.05, 0.1) is 12.1 Å². The van der Waals surface area contributed by atoms with E-state index in [9.17, 15) is 4.79 Å². The van der Waals surface area contributed by atoms with Crippen LogP contribution in [0.2, 0.25) is 0 Å². The van der Waals surface area contributed by atoms with Crippen molar-refractivity contribution in [2.75, 3.05) is 0 Å². The van der Waals surface area contributed by atoms with Crippen molar-refractivity contribution in [3.63, 3.8) is 0 Å². The number of carbonyl (C=O) groups excluding carboxylic acids is 1. The number of ether oxygens (including phenoxy) is 1. The van der Waals surface area contributed by atoms with E-state index in [4.69, 9.17) is 4.74 Å². The van der Waals surface area contributed by atoms with Crippen molar-refractivity contribution < 1.29 is 9.53 Å². The number of amides is 1. The van der Waals surface area contributed by atoms with E-state index in [-0.39, 0.29) is 22.1 Å². The van der Waals surface area contributed by atoms with E-state index in [1.165, 1.54) is 5.56 Å². The number of aromatic nitrogens is 4. The lowest BCUT2D eigenvalue weighted by molar-refractivity contribution is -0.150. The molecule has 2 aliphatic heterocycles. The zero-order valence-electron chi connectivity index (χ0n) is 28.9. The molecular weight excluding hydrogens is 653 g/mol. The molecule has 51 heavy (non-hydrogen) atoms. The van der Waals surface area contributed by atoms with Gasteiger partial charge in [-0.05, 0) is 71.1 Å². The van der Waals surface area contributed by atoms with Crippen molar-refractivity contribution in [1.82, 2.24) is 30.4 Å². The Kier molecular flexibility index (Phi) is 8.69. The first-order valence-corrected chi connectivity index (χ1v) is 18.2. The minimum Gasteiger partial charge on any atom is -0.489 e. The van der Waals surface area contributed by atoms with Crippen LogP contribution in [0.1, 0.15) is 59.1 Å². The zero-order chi connectivity index (χ0) is 35.0. The first kappa shape index (κ1) is 32.9. The summed E-state index contributed by atoms with van der Waals surface area (Å²) < 4.78 is 7.48. The predicted molar refractivity (Wildman–Crippen MR) is 200 cm³/mol. The van der Waals surface area contributed by atoms with Crippen LogP contribution in [-0.4, -0.2) is 47.2 Å². The van der Waals surface area contributed by atoms with Crippen molar-refractivity contribution >= 4 is 17.7 Å². The summed E-state index contributed by atoms with van der Waals surface area (Å²) in [6, 6.07) is 46.9. The molecule has 0 radical (unpaired) electrons. The molecule has 2 fully saturated rings. The fourth-order valence-electron chi connectivity index (χ4n) is 7.45. The van der Waals surface area contributed by atoms with Gasteiger partial charge in [0.15, 0.2) is 5.82 Å². The SMILES string of the molecule is Cc1ccc(C(NC2C(=O)N3C(c4nnnn4Cc4ccc(OCc5ccccc5)cc4)C(C)(C)S[C@H]23)(c2ccccc2)c2ccccc2)cc1. The Labute approximate surface area is 302 Å². The summed E-state index contributed by atoms with van der Waals surface area (Å²) in [5.41, 5.74) is 5.81. The molecule has 5 aromatic carbocycles. The van der Waals surface area contributed by atoms with Crippen LogP contribution in [0.4, 0.5) is 0 Å². The van der Waals surface area contributed by atoms with Gasteiger partial charge in [-0.1, -0.05) is 133 Å². The smallest absolute Gasteiger partial charge is 0.244 e. The summed E-state index contributed by atoms with van der Waals surface area (Å²) in [5, 5.41) is 16.9. The minimum atomic E-state index is -0.760. The van der Waals surface area contributed by atoms with Gasteiger partial charge in [-0.2, -0.15) is 0 Å². The fraction of sp³-hybridized carbons (Fsp3) is 0.238. The highest BCUT2D eigenvalue weighted by Gasteiger charge is 2.64. The molecule has 2 unspecified atom stereocenters. The maximum absolute atomic E-state index is 14.5. The van der Waals surface area contributed by atoms with Gasteiger partial charge in [-0.15, -0.1) is 16.9 Å². The highest BCUT2D eigenvalue weighted by molar-refractivity contribution is 8.01. The predicted octanol–water partition coefficient (Wildman–Crippen LogP) is 7.29. The maximum Gasteiger partial charge on any atom is 0.244 e. The summed E-state index contributed by atoms with van der Waals surface area (Å²) in [5.74, 6) is 1.52. The molecule has 256 valence electrons. The summed E-state index contributed by atoms with van der Waals surface area (Å²) in [4.78, 5) is 16.5. The van der Waals surface area contributed by atoms with Gasteiger partial charge in [0.25, 0.3) is 0 Å². The van der Waals surface area contributed by atoms with Crippen LogP contribution in [0.5, 0.6) is 5.75 Å². The van der Waals surface area contributed by atoms with E-state index in [2.05, 4.69) is 127 Å². The van der Waals surface area contributed by atoms with Gasteiger partial charge in [-0.25, -0.2) is 4.68 Å². The van der Waals surface area contributed by atoms with E-state index in [1.54, 1.807) is 11.8 Å². The third-order valence-electron chi connectivity index (χ3n) is 10.0. The Morgan fingerprint density at radius 2 is 1.35 bits per heavy atom. The third kappa shape index (κ3) is 6.10. The number of β-lactam (4-membered cyclic amide) rings is 1. The number of thioether (sulfide) groups is 1. The Hall–Kier alpha value is -5.25. The van der Waals surface area contributed by atoms with Crippen LogP contribution in [0, 0.1) is 6.92 Å². The number of tetrazole rings is 1. The zero-order valence-corrected chi connectivity index (χ0v) is 29.7. The Morgan fingerprint density at radius 1 is 0.765 bits per heavy atom. The van der Waals surface area contributed by atoms with E-state index >= 15 is 0 Å². The Morgan fingerprint density at radius 3 is 1.98 bits per heavy atom. The number of nitrogens with one attached hydrogen (secondary N) is 1. The second kappa shape index (κ2) is 13.5. The standard InChI is InChI=1S/C42H40N6O2S/c1-29-19-23-34(24-20-29)42(32-15-9-5-10-16-32,33-17-11-6-12-18-33)43-36-39(49)48-37(41(2,3)51-40(36)48)38-44-45-46-47(38)27-30-21-25-35(26-22-30)50-28-31-13-7-4-8-14-31/h4-26,36-37,40,43H,27-28H2,1-3H3/t36?,37?,40-/m1/s1. The highest BCUT2D eigenvalue weighted by Crippen LogP contribution is 2.57. The van der Waals surface area contributed by atoms with Gasteiger partial charge < -0.3 is 9.64 Å². The molecule has 2 aliphatic rings. The van der Waals surface area contributed by atoms with Crippen LogP contribution in [-0.2, 0) is 23.5 Å². The minimum absolute atomic E-state index is 0.0425. The van der Waals surface area contributed by atoms with Crippen molar-refractivity contribution in [1.29, 1.82) is 0 Å². The van der Waals surface area contributed by atoms with E-state index < -0.39 is 11.6 Å². The molecule has 1 aromatic heterocycles. The highest BCUT2D eigenvalue weighted by atomic mass is 32.2. The van der Waals surface area contributed by atoms with E-state index in [1.807, 2.05) is 64.2 Å². The third-order valence-corrected chi connectivity index (χ3v) is 11.6. The number of hydrogen-bond donors (Lipinski definition) is 1. The van der Waals surface area contributed by atoms with E-state index in [0.29, 0.717) is 19.0 Å². The summed E-state index contributed by atoms with van der Waals surface area (Å²) in [6.45, 7) is 7.45. The van der Waals surface area contributed by atoms with Crippen molar-refractivity contribution in [3.05, 3.63) is 179 Å². The molecule has 0 saturated carbocycles. The number of hydrogen-bond acceptors (Lipinski definition) is 7. The second-order valence-corrected chi connectivity index (χ2v) is 15.6. The molecule has 6 aromatic rings. The van der Waals surface area contributed by atoms with Gasteiger partial charge in [0, 0.05) is 4.75 Å². The molecule has 3 atom stereocenters. The molecule has 1 amide bonds. The molecule has 0 aliphatic carbocycles. The summed E-state index contributed by atoms with van der Waals surface area (Å²) >= 11 is 1.80. The number of carbonyl (C=O) groups is 1. The average Bonchev–Trinajstić information content (AvgIpc) is 3.72. The molecule has 3 heterocycles. The maximum atomic E-state index is 14.5. The molecule has 1 N–H and O–H groups in total. The van der Waals surface area contributed by atoms with Crippen LogP contribution in [0.3, 0.4) is 0 Å². The van der Waals surface area contributed by atoms with Crippen LogP contribution < -0.4 is 10.1 Å². The molecule has 8 nitrogen and oxygen atoms in total. The molecule has 2 saturated heterocycles. The lowest BCUT2D eigenvalue weighted by Gasteiger charge is -2.49. The first-order chi connectivity index (χ1) is 24.8. The quantitative estimate of drug-likeness (QED) is 0.113. The summed E-state index contributed by atoms with van der Waals surface area (Å²) in [6.07, 6.45) is 0. The van der Waals surface area contributed by atoms with E-state index in [0.717, 1.165) is 33.6 Å². The second-order valence-electron chi connectivity index (χ2n) is 13.8. The largest absolute Gasteiger partial charge is 0.489 e. The van der Waals surface area contributed by atoms with Crippen molar-refractivity contribution in [3.8, 4) is 5.75 Å². The number of nitrogens with zero attached hydrogens (tertiary/aromatic N) is 5. The summed E-state index contributed by atoms with van der Waals surface area (Å²) in [7, 11) is 0. The number of rotatable bonds is 11. The van der Waals surface area contributed by atoms with Crippen LogP contribution >= 0.6 is 11.8 Å². The van der Waals surface area contributed by atoms with Gasteiger partial charge in [-0.3, -0.25) is 10.1 Å². The fourth-order valence-corrected chi connectivity index (χ4v) is 9.08. The van der Waals surface area contributed by atoms with Crippen LogP contribution in [0.25, 0.3) is 0 Å². The van der Waals surface area contributed by atoms with Gasteiger partial charge >= 0.3 is 0 Å². The number of fused-ring (bicyclic) bond motifs is 1. The first-order valence-electron chi connectivity index (χ1n) is 17.3. The average molecular weight is 693 g/mol.